The molecule has 0 saturated heterocycles. The molecule has 1 aliphatic rings. The SMILES string of the molecule is CN(C)c1ccc(N2Sc3ccccc3C2CC(=O)NO)cc1. The van der Waals surface area contributed by atoms with E-state index in [4.69, 9.17) is 5.21 Å². The molecule has 0 aliphatic carbocycles. The molecule has 2 aromatic rings. The normalized spacial score (nSPS) is 16.1. The third kappa shape index (κ3) is 3.13. The Hall–Kier alpha value is -2.18. The molecule has 1 amide bonds. The number of hydroxylamine groups is 1. The maximum atomic E-state index is 11.7. The van der Waals surface area contributed by atoms with E-state index in [1.807, 2.05) is 37.2 Å². The molecule has 6 heteroatoms. The molecule has 3 rings (SSSR count). The van der Waals surface area contributed by atoms with Crippen LogP contribution in [-0.4, -0.2) is 25.2 Å². The minimum absolute atomic E-state index is 0.103. The van der Waals surface area contributed by atoms with Gasteiger partial charge < -0.3 is 9.21 Å². The summed E-state index contributed by atoms with van der Waals surface area (Å²) >= 11 is 1.62. The number of carbonyl (C=O) groups is 1. The van der Waals surface area contributed by atoms with Crippen LogP contribution in [0.25, 0.3) is 0 Å². The number of nitrogens with zero attached hydrogens (tertiary/aromatic N) is 2. The molecule has 2 N–H and O–H groups in total. The van der Waals surface area contributed by atoms with Gasteiger partial charge in [0.25, 0.3) is 0 Å². The highest BCUT2D eigenvalue weighted by Crippen LogP contribution is 2.48. The van der Waals surface area contributed by atoms with E-state index in [0.717, 1.165) is 21.8 Å². The summed E-state index contributed by atoms with van der Waals surface area (Å²) in [7, 11) is 4.01. The molecule has 5 nitrogen and oxygen atoms in total. The van der Waals surface area contributed by atoms with Crippen LogP contribution in [0.3, 0.4) is 0 Å². The zero-order valence-corrected chi connectivity index (χ0v) is 13.9. The predicted octanol–water partition coefficient (Wildman–Crippen LogP) is 3.22. The zero-order valence-electron chi connectivity index (χ0n) is 13.1. The summed E-state index contributed by atoms with van der Waals surface area (Å²) in [6, 6.07) is 16.2. The van der Waals surface area contributed by atoms with Crippen molar-refractivity contribution in [3.8, 4) is 0 Å². The van der Waals surface area contributed by atoms with Crippen LogP contribution in [0.4, 0.5) is 11.4 Å². The van der Waals surface area contributed by atoms with Crippen molar-refractivity contribution < 1.29 is 10.0 Å². The molecule has 0 aromatic heterocycles. The number of fused-ring (bicyclic) bond motifs is 1. The monoisotopic (exact) mass is 329 g/mol. The molecule has 0 bridgehead atoms. The van der Waals surface area contributed by atoms with Gasteiger partial charge in [-0.05, 0) is 47.8 Å². The lowest BCUT2D eigenvalue weighted by Crippen LogP contribution is -2.26. The smallest absolute Gasteiger partial charge is 0.245 e. The number of benzene rings is 2. The van der Waals surface area contributed by atoms with Gasteiger partial charge in [-0.2, -0.15) is 0 Å². The first-order valence-electron chi connectivity index (χ1n) is 7.36. The Bertz CT molecular complexity index is 703. The Morgan fingerprint density at radius 2 is 1.91 bits per heavy atom. The van der Waals surface area contributed by atoms with Crippen molar-refractivity contribution in [1.29, 1.82) is 0 Å². The fourth-order valence-corrected chi connectivity index (χ4v) is 3.88. The summed E-state index contributed by atoms with van der Waals surface area (Å²) in [5.41, 5.74) is 5.01. The van der Waals surface area contributed by atoms with E-state index in [2.05, 4.69) is 34.6 Å². The molecule has 2 aromatic carbocycles. The van der Waals surface area contributed by atoms with Gasteiger partial charge in [0.1, 0.15) is 0 Å². The first-order valence-corrected chi connectivity index (χ1v) is 8.14. The Labute approximate surface area is 140 Å². The third-order valence-corrected chi connectivity index (χ3v) is 5.11. The van der Waals surface area contributed by atoms with E-state index in [0.29, 0.717) is 0 Å². The second-order valence-electron chi connectivity index (χ2n) is 5.62. The molecule has 0 spiro atoms. The number of nitrogens with one attached hydrogen (secondary N) is 1. The van der Waals surface area contributed by atoms with Gasteiger partial charge in [0.2, 0.25) is 5.91 Å². The Kier molecular flexibility index (Phi) is 4.45. The summed E-state index contributed by atoms with van der Waals surface area (Å²) < 4.78 is 2.12. The third-order valence-electron chi connectivity index (χ3n) is 3.88. The van der Waals surface area contributed by atoms with Crippen LogP contribution >= 0.6 is 11.9 Å². The van der Waals surface area contributed by atoms with Gasteiger partial charge in [-0.3, -0.25) is 10.0 Å². The van der Waals surface area contributed by atoms with Gasteiger partial charge in [0, 0.05) is 30.4 Å². The number of hydrogen-bond acceptors (Lipinski definition) is 5. The molecular formula is C17H19N3O2S. The van der Waals surface area contributed by atoms with Crippen molar-refractivity contribution >= 4 is 29.2 Å². The predicted molar refractivity (Wildman–Crippen MR) is 92.8 cm³/mol. The number of rotatable bonds is 4. The van der Waals surface area contributed by atoms with Crippen molar-refractivity contribution in [2.24, 2.45) is 0 Å². The molecule has 1 unspecified atom stereocenters. The van der Waals surface area contributed by atoms with Crippen molar-refractivity contribution in [1.82, 2.24) is 5.48 Å². The summed E-state index contributed by atoms with van der Waals surface area (Å²) in [6.45, 7) is 0. The van der Waals surface area contributed by atoms with Crippen LogP contribution in [0.15, 0.2) is 53.4 Å². The molecular weight excluding hydrogens is 310 g/mol. The van der Waals surface area contributed by atoms with Crippen LogP contribution in [0.2, 0.25) is 0 Å². The van der Waals surface area contributed by atoms with Gasteiger partial charge in [0.05, 0.1) is 12.5 Å². The molecule has 1 aliphatic heterocycles. The van der Waals surface area contributed by atoms with Crippen LogP contribution in [0.1, 0.15) is 18.0 Å². The maximum absolute atomic E-state index is 11.7. The first kappa shape index (κ1) is 15.7. The van der Waals surface area contributed by atoms with Crippen LogP contribution in [0, 0.1) is 0 Å². The minimum atomic E-state index is -0.387. The molecule has 0 fully saturated rings. The van der Waals surface area contributed by atoms with E-state index < -0.39 is 0 Å². The second kappa shape index (κ2) is 6.52. The lowest BCUT2D eigenvalue weighted by Gasteiger charge is -2.25. The van der Waals surface area contributed by atoms with Crippen molar-refractivity contribution in [2.45, 2.75) is 17.4 Å². The van der Waals surface area contributed by atoms with Gasteiger partial charge in [-0.1, -0.05) is 18.2 Å². The van der Waals surface area contributed by atoms with Crippen LogP contribution < -0.4 is 14.7 Å². The molecule has 23 heavy (non-hydrogen) atoms. The van der Waals surface area contributed by atoms with E-state index in [9.17, 15) is 4.79 Å². The highest BCUT2D eigenvalue weighted by atomic mass is 32.2. The van der Waals surface area contributed by atoms with Gasteiger partial charge >= 0.3 is 0 Å². The summed E-state index contributed by atoms with van der Waals surface area (Å²) in [5.74, 6) is -0.387. The standard InChI is InChI=1S/C17H19N3O2S/c1-19(2)12-7-9-13(10-8-12)20-15(11-17(21)18-22)14-5-3-4-6-16(14)23-20/h3-10,15,22H,11H2,1-2H3,(H,18,21). The van der Waals surface area contributed by atoms with Crippen LogP contribution in [-0.2, 0) is 4.79 Å². The quantitative estimate of drug-likeness (QED) is 0.512. The van der Waals surface area contributed by atoms with Crippen molar-refractivity contribution in [2.75, 3.05) is 23.3 Å². The number of amides is 1. The van der Waals surface area contributed by atoms with Gasteiger partial charge in [0.15, 0.2) is 0 Å². The zero-order chi connectivity index (χ0) is 16.4. The average molecular weight is 329 g/mol. The van der Waals surface area contributed by atoms with E-state index in [-0.39, 0.29) is 18.4 Å². The van der Waals surface area contributed by atoms with E-state index >= 15 is 0 Å². The van der Waals surface area contributed by atoms with Gasteiger partial charge in [-0.25, -0.2) is 5.48 Å². The second-order valence-corrected chi connectivity index (χ2v) is 6.64. The highest BCUT2D eigenvalue weighted by molar-refractivity contribution is 8.01. The fourth-order valence-electron chi connectivity index (χ4n) is 2.68. The first-order chi connectivity index (χ1) is 11.1. The lowest BCUT2D eigenvalue weighted by molar-refractivity contribution is -0.129. The lowest BCUT2D eigenvalue weighted by atomic mass is 10.0. The van der Waals surface area contributed by atoms with Crippen LogP contribution in [0.5, 0.6) is 0 Å². The fraction of sp³-hybridized carbons (Fsp3) is 0.235. The number of hydrogen-bond donors (Lipinski definition) is 2. The number of anilines is 2. The summed E-state index contributed by atoms with van der Waals surface area (Å²) in [5, 5.41) is 8.87. The highest BCUT2D eigenvalue weighted by Gasteiger charge is 2.33. The Balaban J connectivity index is 1.92. The van der Waals surface area contributed by atoms with E-state index in [1.54, 1.807) is 17.4 Å². The molecule has 0 radical (unpaired) electrons. The van der Waals surface area contributed by atoms with Gasteiger partial charge in [-0.15, -0.1) is 0 Å². The average Bonchev–Trinajstić information content (AvgIpc) is 2.93. The van der Waals surface area contributed by atoms with E-state index in [1.165, 1.54) is 0 Å². The Morgan fingerprint density at radius 3 is 2.57 bits per heavy atom. The summed E-state index contributed by atoms with van der Waals surface area (Å²) in [6.07, 6.45) is 0.204. The molecule has 120 valence electrons. The largest absolute Gasteiger partial charge is 0.378 e. The molecule has 0 saturated carbocycles. The Morgan fingerprint density at radius 1 is 1.22 bits per heavy atom. The minimum Gasteiger partial charge on any atom is -0.378 e. The topological polar surface area (TPSA) is 55.8 Å². The molecule has 1 atom stereocenters. The van der Waals surface area contributed by atoms with Crippen molar-refractivity contribution in [3.63, 3.8) is 0 Å². The van der Waals surface area contributed by atoms with Crippen molar-refractivity contribution in [3.05, 3.63) is 54.1 Å². The maximum Gasteiger partial charge on any atom is 0.245 e. The number of carbonyl (C=O) groups excluding carboxylic acids is 1. The summed E-state index contributed by atoms with van der Waals surface area (Å²) in [4.78, 5) is 14.9. The molecule has 1 heterocycles.